The first kappa shape index (κ1) is 18.8. The molecule has 6 heteroatoms. The Labute approximate surface area is 168 Å². The molecular weight excluding hydrogens is 366 g/mol. The Hall–Kier alpha value is -3.54. The summed E-state index contributed by atoms with van der Waals surface area (Å²) in [6, 6.07) is 12.7. The second-order valence-corrected chi connectivity index (χ2v) is 6.78. The fourth-order valence-electron chi connectivity index (χ4n) is 3.97. The number of hydrogen-bond donors (Lipinski definition) is 1. The van der Waals surface area contributed by atoms with E-state index in [0.29, 0.717) is 12.0 Å². The van der Waals surface area contributed by atoms with Gasteiger partial charge in [-0.15, -0.1) is 0 Å². The number of amides is 3. The minimum atomic E-state index is -0.669. The van der Waals surface area contributed by atoms with E-state index < -0.39 is 11.9 Å². The van der Waals surface area contributed by atoms with Crippen LogP contribution in [0.4, 0.5) is 5.69 Å². The van der Waals surface area contributed by atoms with Crippen molar-refractivity contribution in [3.63, 3.8) is 0 Å². The van der Waals surface area contributed by atoms with E-state index in [0.717, 1.165) is 27.6 Å². The van der Waals surface area contributed by atoms with Crippen LogP contribution in [0.2, 0.25) is 0 Å². The number of nitrogens with zero attached hydrogens (tertiary/aromatic N) is 2. The number of nitrogens with one attached hydrogen (secondary N) is 1. The largest absolute Gasteiger partial charge is 0.295 e. The predicted octanol–water partition coefficient (Wildman–Crippen LogP) is 3.69. The van der Waals surface area contributed by atoms with Crippen molar-refractivity contribution in [2.75, 3.05) is 4.90 Å². The lowest BCUT2D eigenvalue weighted by Crippen LogP contribution is -2.53. The normalized spacial score (nSPS) is 17.8. The fraction of sp³-hybridized carbons (Fsp3) is 0.217. The summed E-state index contributed by atoms with van der Waals surface area (Å²) in [5.41, 5.74) is 3.21. The minimum Gasteiger partial charge on any atom is -0.295 e. The lowest BCUT2D eigenvalue weighted by atomic mass is 9.98. The first-order valence-corrected chi connectivity index (χ1v) is 9.78. The molecule has 3 aromatic rings. The van der Waals surface area contributed by atoms with E-state index in [-0.39, 0.29) is 18.2 Å². The monoisotopic (exact) mass is 387 g/mol. The number of rotatable bonds is 2. The van der Waals surface area contributed by atoms with Crippen LogP contribution in [0, 0.1) is 0 Å². The van der Waals surface area contributed by atoms with Crippen molar-refractivity contribution in [3.05, 3.63) is 60.4 Å². The third-order valence-electron chi connectivity index (χ3n) is 5.20. The smallest absolute Gasteiger partial charge is 0.259 e. The van der Waals surface area contributed by atoms with Crippen molar-refractivity contribution >= 4 is 34.2 Å². The molecule has 0 bridgehead atoms. The maximum absolute atomic E-state index is 13.2. The summed E-state index contributed by atoms with van der Waals surface area (Å²) in [6.45, 7) is 4.00. The molecule has 0 aliphatic carbocycles. The molecule has 1 aromatic heterocycles. The summed E-state index contributed by atoms with van der Waals surface area (Å²) >= 11 is 0. The molecule has 0 saturated carbocycles. The number of pyridine rings is 1. The molecule has 1 fully saturated rings. The molecule has 29 heavy (non-hydrogen) atoms. The summed E-state index contributed by atoms with van der Waals surface area (Å²) in [4.78, 5) is 42.7. The van der Waals surface area contributed by atoms with Gasteiger partial charge in [-0.3, -0.25) is 29.6 Å². The quantitative estimate of drug-likeness (QED) is 0.680. The molecule has 2 aromatic carbocycles. The zero-order valence-electron chi connectivity index (χ0n) is 16.3. The number of anilines is 1. The van der Waals surface area contributed by atoms with E-state index >= 15 is 0 Å². The van der Waals surface area contributed by atoms with Crippen LogP contribution >= 0.6 is 0 Å². The Balaban J connectivity index is 0.000000994. The lowest BCUT2D eigenvalue weighted by molar-refractivity contribution is -0.134. The number of piperidine rings is 1. The van der Waals surface area contributed by atoms with Gasteiger partial charge in [0.1, 0.15) is 6.04 Å². The molecule has 2 aliphatic rings. The van der Waals surface area contributed by atoms with E-state index in [1.54, 1.807) is 12.4 Å². The van der Waals surface area contributed by atoms with Gasteiger partial charge < -0.3 is 0 Å². The predicted molar refractivity (Wildman–Crippen MR) is 112 cm³/mol. The third-order valence-corrected chi connectivity index (χ3v) is 5.20. The third kappa shape index (κ3) is 3.06. The zero-order chi connectivity index (χ0) is 20.5. The van der Waals surface area contributed by atoms with E-state index in [9.17, 15) is 14.4 Å². The number of hydrogen-bond acceptors (Lipinski definition) is 4. The van der Waals surface area contributed by atoms with Gasteiger partial charge in [0, 0.05) is 24.2 Å². The Morgan fingerprint density at radius 1 is 1.00 bits per heavy atom. The van der Waals surface area contributed by atoms with Gasteiger partial charge in [0.05, 0.1) is 11.3 Å². The molecule has 0 spiro atoms. The maximum Gasteiger partial charge on any atom is 0.259 e. The van der Waals surface area contributed by atoms with Crippen LogP contribution in [0.5, 0.6) is 0 Å². The maximum atomic E-state index is 13.2. The van der Waals surface area contributed by atoms with Gasteiger partial charge in [0.2, 0.25) is 11.8 Å². The molecule has 3 heterocycles. The number of benzene rings is 2. The van der Waals surface area contributed by atoms with Gasteiger partial charge in [-0.05, 0) is 53.3 Å². The molecular formula is C23H21N3O3. The first-order valence-electron chi connectivity index (χ1n) is 9.78. The van der Waals surface area contributed by atoms with Crippen molar-refractivity contribution in [1.82, 2.24) is 10.3 Å². The molecule has 0 radical (unpaired) electrons. The fourth-order valence-corrected chi connectivity index (χ4v) is 3.97. The van der Waals surface area contributed by atoms with Crippen LogP contribution in [0.1, 0.15) is 37.0 Å². The number of carbonyl (C=O) groups is 3. The van der Waals surface area contributed by atoms with Crippen LogP contribution in [-0.2, 0) is 9.59 Å². The summed E-state index contributed by atoms with van der Waals surface area (Å²) in [5, 5.41) is 4.14. The summed E-state index contributed by atoms with van der Waals surface area (Å²) < 4.78 is 0. The lowest BCUT2D eigenvalue weighted by Gasteiger charge is -2.30. The molecule has 1 N–H and O–H groups in total. The Bertz CT molecular complexity index is 1120. The second kappa shape index (κ2) is 7.47. The zero-order valence-corrected chi connectivity index (χ0v) is 16.3. The van der Waals surface area contributed by atoms with Crippen LogP contribution in [0.25, 0.3) is 21.9 Å². The van der Waals surface area contributed by atoms with Crippen molar-refractivity contribution in [1.29, 1.82) is 0 Å². The van der Waals surface area contributed by atoms with Gasteiger partial charge in [-0.2, -0.15) is 0 Å². The van der Waals surface area contributed by atoms with Gasteiger partial charge >= 0.3 is 0 Å². The molecule has 2 aliphatic heterocycles. The van der Waals surface area contributed by atoms with Gasteiger partial charge in [0.15, 0.2) is 0 Å². The minimum absolute atomic E-state index is 0.202. The van der Waals surface area contributed by atoms with E-state index in [1.165, 1.54) is 4.90 Å². The van der Waals surface area contributed by atoms with Gasteiger partial charge in [-0.1, -0.05) is 26.0 Å². The summed E-state index contributed by atoms with van der Waals surface area (Å²) in [6.07, 6.45) is 3.99. The van der Waals surface area contributed by atoms with Crippen LogP contribution in [0.15, 0.2) is 54.9 Å². The Morgan fingerprint density at radius 2 is 1.76 bits per heavy atom. The SMILES string of the molecule is CC.O=C1CCC(N2C(=O)c3cc(-c4ccncc4)cc4cccc2c34)C(=O)N1. The highest BCUT2D eigenvalue weighted by molar-refractivity contribution is 6.27. The van der Waals surface area contributed by atoms with E-state index in [1.807, 2.05) is 56.3 Å². The molecule has 3 amide bonds. The molecule has 5 rings (SSSR count). The number of aromatic nitrogens is 1. The highest BCUT2D eigenvalue weighted by Gasteiger charge is 2.40. The van der Waals surface area contributed by atoms with E-state index in [4.69, 9.17) is 0 Å². The highest BCUT2D eigenvalue weighted by Crippen LogP contribution is 2.41. The summed E-state index contributed by atoms with van der Waals surface area (Å²) in [7, 11) is 0. The number of imide groups is 1. The molecule has 1 saturated heterocycles. The first-order chi connectivity index (χ1) is 14.1. The highest BCUT2D eigenvalue weighted by atomic mass is 16.2. The van der Waals surface area contributed by atoms with Crippen molar-refractivity contribution in [3.8, 4) is 11.1 Å². The van der Waals surface area contributed by atoms with Crippen molar-refractivity contribution in [2.45, 2.75) is 32.7 Å². The van der Waals surface area contributed by atoms with Crippen LogP contribution in [0.3, 0.4) is 0 Å². The van der Waals surface area contributed by atoms with Gasteiger partial charge in [-0.25, -0.2) is 0 Å². The molecule has 6 nitrogen and oxygen atoms in total. The van der Waals surface area contributed by atoms with Gasteiger partial charge in [0.25, 0.3) is 5.91 Å². The van der Waals surface area contributed by atoms with Crippen molar-refractivity contribution in [2.24, 2.45) is 0 Å². The molecule has 146 valence electrons. The summed E-state index contributed by atoms with van der Waals surface area (Å²) in [5.74, 6) is -0.913. The Kier molecular flexibility index (Phi) is 4.84. The van der Waals surface area contributed by atoms with Crippen LogP contribution < -0.4 is 10.2 Å². The molecule has 1 unspecified atom stereocenters. The topological polar surface area (TPSA) is 79.4 Å². The standard InChI is InChI=1S/C21H15N3O3.C2H6/c25-18-5-4-17(20(26)23-18)24-16-3-1-2-13-10-14(12-6-8-22-9-7-12)11-15(19(13)16)21(24)27;1-2/h1-3,6-11,17H,4-5H2,(H,23,25,26);1-2H3. The number of carbonyl (C=O) groups excluding carboxylic acids is 3. The second-order valence-electron chi connectivity index (χ2n) is 6.78. The molecule has 1 atom stereocenters. The average molecular weight is 387 g/mol. The van der Waals surface area contributed by atoms with E-state index in [2.05, 4.69) is 10.3 Å². The van der Waals surface area contributed by atoms with Crippen molar-refractivity contribution < 1.29 is 14.4 Å². The Morgan fingerprint density at radius 3 is 2.48 bits per heavy atom. The van der Waals surface area contributed by atoms with Crippen LogP contribution in [-0.4, -0.2) is 28.7 Å². The average Bonchev–Trinajstić information content (AvgIpc) is 3.03.